The summed E-state index contributed by atoms with van der Waals surface area (Å²) in [6.45, 7) is 5.42. The van der Waals surface area contributed by atoms with E-state index in [0.29, 0.717) is 6.54 Å². The molecule has 0 atom stereocenters. The third-order valence-corrected chi connectivity index (χ3v) is 2.99. The third-order valence-electron chi connectivity index (χ3n) is 2.06. The van der Waals surface area contributed by atoms with Gasteiger partial charge < -0.3 is 5.32 Å². The zero-order valence-corrected chi connectivity index (χ0v) is 9.56. The Kier molecular flexibility index (Phi) is 3.08. The summed E-state index contributed by atoms with van der Waals surface area (Å²) >= 11 is 1.67. The average Bonchev–Trinajstić information content (AvgIpc) is 2.77. The lowest BCUT2D eigenvalue weighted by Crippen LogP contribution is -2.13. The summed E-state index contributed by atoms with van der Waals surface area (Å²) in [5.41, 5.74) is 2.96. The minimum absolute atomic E-state index is 0.682. The molecule has 0 saturated heterocycles. The number of aromatic amines is 1. The molecule has 0 fully saturated rings. The number of hydrogen-bond donors (Lipinski definition) is 2. The molecular formula is C9H13N5S. The Bertz CT molecular complexity index is 433. The fourth-order valence-corrected chi connectivity index (χ4v) is 2.00. The van der Waals surface area contributed by atoms with Crippen LogP contribution in [0.4, 0.5) is 0 Å². The molecule has 0 aromatic carbocycles. The van der Waals surface area contributed by atoms with Crippen LogP contribution in [0.15, 0.2) is 5.51 Å². The van der Waals surface area contributed by atoms with Crippen molar-refractivity contribution >= 4 is 11.3 Å². The van der Waals surface area contributed by atoms with E-state index in [1.807, 2.05) is 19.4 Å². The first-order chi connectivity index (χ1) is 7.25. The van der Waals surface area contributed by atoms with Crippen molar-refractivity contribution in [3.05, 3.63) is 27.7 Å². The Morgan fingerprint density at radius 1 is 1.40 bits per heavy atom. The van der Waals surface area contributed by atoms with Crippen LogP contribution >= 0.6 is 11.3 Å². The predicted octanol–water partition coefficient (Wildman–Crippen LogP) is 1.17. The first-order valence-corrected chi connectivity index (χ1v) is 5.61. The van der Waals surface area contributed by atoms with E-state index in [1.54, 1.807) is 11.3 Å². The van der Waals surface area contributed by atoms with Crippen LogP contribution in [-0.4, -0.2) is 20.2 Å². The number of hydrogen-bond acceptors (Lipinski definition) is 5. The van der Waals surface area contributed by atoms with E-state index in [1.165, 1.54) is 4.88 Å². The molecular weight excluding hydrogens is 210 g/mol. The van der Waals surface area contributed by atoms with Crippen molar-refractivity contribution in [3.63, 3.8) is 0 Å². The van der Waals surface area contributed by atoms with Crippen molar-refractivity contribution < 1.29 is 0 Å². The van der Waals surface area contributed by atoms with Gasteiger partial charge in [0, 0.05) is 11.4 Å². The van der Waals surface area contributed by atoms with Crippen LogP contribution in [0.3, 0.4) is 0 Å². The smallest absolute Gasteiger partial charge is 0.164 e. The van der Waals surface area contributed by atoms with E-state index in [4.69, 9.17) is 0 Å². The number of rotatable bonds is 4. The minimum atomic E-state index is 0.682. The zero-order chi connectivity index (χ0) is 10.7. The number of nitrogens with zero attached hydrogens (tertiary/aromatic N) is 3. The summed E-state index contributed by atoms with van der Waals surface area (Å²) in [6.07, 6.45) is 0. The van der Waals surface area contributed by atoms with Gasteiger partial charge in [-0.15, -0.1) is 11.3 Å². The SMILES string of the molecule is Cc1nc(CNCc2scnc2C)n[nH]1. The number of H-pyrrole nitrogens is 1. The second-order valence-electron chi connectivity index (χ2n) is 3.30. The molecule has 0 radical (unpaired) electrons. The molecule has 0 aliphatic heterocycles. The fourth-order valence-electron chi connectivity index (χ4n) is 1.25. The van der Waals surface area contributed by atoms with Gasteiger partial charge in [0.25, 0.3) is 0 Å². The highest BCUT2D eigenvalue weighted by Gasteiger charge is 2.02. The molecule has 2 rings (SSSR count). The van der Waals surface area contributed by atoms with Crippen LogP contribution in [-0.2, 0) is 13.1 Å². The molecule has 2 heterocycles. The summed E-state index contributed by atoms with van der Waals surface area (Å²) < 4.78 is 0. The van der Waals surface area contributed by atoms with Crippen molar-refractivity contribution in [1.82, 2.24) is 25.5 Å². The molecule has 5 nitrogen and oxygen atoms in total. The van der Waals surface area contributed by atoms with E-state index in [0.717, 1.165) is 23.9 Å². The molecule has 0 saturated carbocycles. The van der Waals surface area contributed by atoms with Gasteiger partial charge in [-0.25, -0.2) is 9.97 Å². The van der Waals surface area contributed by atoms with Crippen LogP contribution < -0.4 is 5.32 Å². The van der Waals surface area contributed by atoms with Crippen LogP contribution in [0, 0.1) is 13.8 Å². The van der Waals surface area contributed by atoms with Gasteiger partial charge in [-0.2, -0.15) is 5.10 Å². The van der Waals surface area contributed by atoms with Crippen molar-refractivity contribution in [2.45, 2.75) is 26.9 Å². The maximum atomic E-state index is 4.21. The maximum Gasteiger partial charge on any atom is 0.164 e. The first kappa shape index (κ1) is 10.3. The molecule has 2 aromatic heterocycles. The van der Waals surface area contributed by atoms with Gasteiger partial charge in [0.05, 0.1) is 17.7 Å². The Morgan fingerprint density at radius 2 is 2.27 bits per heavy atom. The summed E-state index contributed by atoms with van der Waals surface area (Å²) in [7, 11) is 0. The topological polar surface area (TPSA) is 66.5 Å². The molecule has 2 aromatic rings. The van der Waals surface area contributed by atoms with E-state index < -0.39 is 0 Å². The highest BCUT2D eigenvalue weighted by atomic mass is 32.1. The van der Waals surface area contributed by atoms with Crippen molar-refractivity contribution in [2.24, 2.45) is 0 Å². The fraction of sp³-hybridized carbons (Fsp3) is 0.444. The molecule has 0 aliphatic rings. The van der Waals surface area contributed by atoms with E-state index in [9.17, 15) is 0 Å². The minimum Gasteiger partial charge on any atom is -0.305 e. The monoisotopic (exact) mass is 223 g/mol. The lowest BCUT2D eigenvalue weighted by atomic mass is 10.4. The van der Waals surface area contributed by atoms with Gasteiger partial charge in [-0.3, -0.25) is 5.10 Å². The molecule has 15 heavy (non-hydrogen) atoms. The summed E-state index contributed by atoms with van der Waals surface area (Å²) in [5, 5.41) is 10.1. The number of aryl methyl sites for hydroxylation is 2. The number of aromatic nitrogens is 4. The molecule has 2 N–H and O–H groups in total. The van der Waals surface area contributed by atoms with Gasteiger partial charge in [0.2, 0.25) is 0 Å². The molecule has 0 spiro atoms. The van der Waals surface area contributed by atoms with Crippen molar-refractivity contribution in [3.8, 4) is 0 Å². The summed E-state index contributed by atoms with van der Waals surface area (Å²) in [5.74, 6) is 1.65. The number of nitrogens with one attached hydrogen (secondary N) is 2. The molecule has 0 amide bonds. The van der Waals surface area contributed by atoms with E-state index in [2.05, 4.69) is 25.5 Å². The predicted molar refractivity (Wildman–Crippen MR) is 58.5 cm³/mol. The second-order valence-corrected chi connectivity index (χ2v) is 4.24. The van der Waals surface area contributed by atoms with Crippen LogP contribution in [0.25, 0.3) is 0 Å². The van der Waals surface area contributed by atoms with Gasteiger partial charge in [-0.1, -0.05) is 0 Å². The standard InChI is InChI=1S/C9H13N5S/c1-6-8(15-5-11-6)3-10-4-9-12-7(2)13-14-9/h5,10H,3-4H2,1-2H3,(H,12,13,14). The van der Waals surface area contributed by atoms with E-state index in [-0.39, 0.29) is 0 Å². The van der Waals surface area contributed by atoms with Crippen molar-refractivity contribution in [1.29, 1.82) is 0 Å². The normalized spacial score (nSPS) is 10.8. The Hall–Kier alpha value is -1.27. The van der Waals surface area contributed by atoms with Crippen LogP contribution in [0.1, 0.15) is 22.2 Å². The first-order valence-electron chi connectivity index (χ1n) is 4.73. The Balaban J connectivity index is 1.83. The average molecular weight is 223 g/mol. The van der Waals surface area contributed by atoms with Gasteiger partial charge in [0.15, 0.2) is 5.82 Å². The highest BCUT2D eigenvalue weighted by molar-refractivity contribution is 7.09. The van der Waals surface area contributed by atoms with Crippen LogP contribution in [0.2, 0.25) is 0 Å². The number of thiazole rings is 1. The molecule has 0 aliphatic carbocycles. The van der Waals surface area contributed by atoms with Crippen LogP contribution in [0.5, 0.6) is 0 Å². The van der Waals surface area contributed by atoms with Gasteiger partial charge in [0.1, 0.15) is 5.82 Å². The Labute approximate surface area is 92.0 Å². The maximum absolute atomic E-state index is 4.21. The lowest BCUT2D eigenvalue weighted by Gasteiger charge is -1.99. The third kappa shape index (κ3) is 2.60. The van der Waals surface area contributed by atoms with Crippen molar-refractivity contribution in [2.75, 3.05) is 0 Å². The lowest BCUT2D eigenvalue weighted by molar-refractivity contribution is 0.668. The molecule has 80 valence electrons. The van der Waals surface area contributed by atoms with Gasteiger partial charge in [-0.05, 0) is 13.8 Å². The molecule has 0 bridgehead atoms. The van der Waals surface area contributed by atoms with E-state index >= 15 is 0 Å². The quantitative estimate of drug-likeness (QED) is 0.816. The molecule has 0 unspecified atom stereocenters. The summed E-state index contributed by atoms with van der Waals surface area (Å²) in [4.78, 5) is 9.66. The molecule has 6 heteroatoms. The zero-order valence-electron chi connectivity index (χ0n) is 8.74. The second kappa shape index (κ2) is 4.50. The Morgan fingerprint density at radius 3 is 2.87 bits per heavy atom. The van der Waals surface area contributed by atoms with Gasteiger partial charge >= 0.3 is 0 Å². The highest BCUT2D eigenvalue weighted by Crippen LogP contribution is 2.11. The largest absolute Gasteiger partial charge is 0.305 e. The summed E-state index contributed by atoms with van der Waals surface area (Å²) in [6, 6.07) is 0.